The van der Waals surface area contributed by atoms with E-state index in [9.17, 15) is 18.3 Å². The Hall–Kier alpha value is -4.65. The van der Waals surface area contributed by atoms with Crippen molar-refractivity contribution in [3.05, 3.63) is 72.1 Å². The van der Waals surface area contributed by atoms with E-state index >= 15 is 0 Å². The van der Waals surface area contributed by atoms with Crippen molar-refractivity contribution in [2.24, 2.45) is 0 Å². The Bertz CT molecular complexity index is 1700. The van der Waals surface area contributed by atoms with Crippen LogP contribution in [0, 0.1) is 0 Å². The van der Waals surface area contributed by atoms with Crippen molar-refractivity contribution in [3.63, 3.8) is 0 Å². The summed E-state index contributed by atoms with van der Waals surface area (Å²) in [5, 5.41) is 9.91. The summed E-state index contributed by atoms with van der Waals surface area (Å²) < 4.78 is 52.6. The summed E-state index contributed by atoms with van der Waals surface area (Å²) in [6, 6.07) is 10.4. The topological polar surface area (TPSA) is 121 Å². The van der Waals surface area contributed by atoms with Crippen molar-refractivity contribution >= 4 is 11.0 Å². The number of aromatic nitrogens is 7. The molecule has 4 aromatic heterocycles. The van der Waals surface area contributed by atoms with E-state index in [4.69, 9.17) is 14.5 Å². The summed E-state index contributed by atoms with van der Waals surface area (Å²) in [5.41, 5.74) is 2.07. The lowest BCUT2D eigenvalue weighted by Crippen LogP contribution is -2.05. The third kappa shape index (κ3) is 5.40. The molecular weight excluding hydrogens is 539 g/mol. The Morgan fingerprint density at radius 3 is 2.51 bits per heavy atom. The van der Waals surface area contributed by atoms with E-state index in [1.54, 1.807) is 36.5 Å². The molecule has 5 aromatic rings. The van der Waals surface area contributed by atoms with E-state index in [1.807, 2.05) is 6.07 Å². The highest BCUT2D eigenvalue weighted by molar-refractivity contribution is 5.83. The molecule has 0 radical (unpaired) electrons. The largest absolute Gasteiger partial charge is 0.480 e. The SMILES string of the molecule is COc1ncnc(C2CC2)c1-c1nc(OCc2ccc(-c3nc(C(F)(F)F)cn3CCO)cc2)c2cccnc2n1. The van der Waals surface area contributed by atoms with Crippen LogP contribution in [0.5, 0.6) is 11.8 Å². The number of hydrogen-bond acceptors (Lipinski definition) is 9. The number of hydrogen-bond donors (Lipinski definition) is 1. The average Bonchev–Trinajstić information content (AvgIpc) is 3.74. The molecule has 210 valence electrons. The standard InChI is InChI=1S/C28H24F3N7O3/c1-40-27-21(22(17-8-9-17)33-15-34-27)24-36-23-19(3-2-10-32-23)26(37-24)41-14-16-4-6-18(7-5-16)25-35-20(28(29,30)31)13-38(25)11-12-39/h2-7,10,13,15,17,39H,8-9,11-12,14H2,1H3. The molecule has 0 unspecified atom stereocenters. The van der Waals surface area contributed by atoms with Crippen LogP contribution in [0.4, 0.5) is 13.2 Å². The van der Waals surface area contributed by atoms with Crippen LogP contribution in [0.1, 0.15) is 35.7 Å². The monoisotopic (exact) mass is 563 g/mol. The van der Waals surface area contributed by atoms with E-state index in [1.165, 1.54) is 18.0 Å². The lowest BCUT2D eigenvalue weighted by atomic mass is 10.1. The zero-order valence-electron chi connectivity index (χ0n) is 21.8. The van der Waals surface area contributed by atoms with Gasteiger partial charge in [-0.3, -0.25) is 0 Å². The van der Waals surface area contributed by atoms with Gasteiger partial charge in [0.05, 0.1) is 24.8 Å². The molecule has 0 spiro atoms. The summed E-state index contributed by atoms with van der Waals surface area (Å²) in [4.78, 5) is 26.3. The molecule has 1 aliphatic rings. The number of nitrogens with zero attached hydrogens (tertiary/aromatic N) is 7. The lowest BCUT2D eigenvalue weighted by Gasteiger charge is -2.13. The number of aliphatic hydroxyl groups is 1. The van der Waals surface area contributed by atoms with Crippen LogP contribution in [0.3, 0.4) is 0 Å². The Morgan fingerprint density at radius 2 is 1.80 bits per heavy atom. The van der Waals surface area contributed by atoms with Crippen molar-refractivity contribution in [1.82, 2.24) is 34.5 Å². The molecule has 0 aliphatic heterocycles. The van der Waals surface area contributed by atoms with Gasteiger partial charge in [-0.25, -0.2) is 24.9 Å². The molecule has 1 N–H and O–H groups in total. The van der Waals surface area contributed by atoms with Gasteiger partial charge in [-0.1, -0.05) is 24.3 Å². The Morgan fingerprint density at radius 1 is 1.00 bits per heavy atom. The average molecular weight is 564 g/mol. The second-order valence-electron chi connectivity index (χ2n) is 9.49. The van der Waals surface area contributed by atoms with Crippen LogP contribution in [0.2, 0.25) is 0 Å². The Labute approximate surface area is 231 Å². The van der Waals surface area contributed by atoms with Crippen LogP contribution in [-0.4, -0.2) is 53.3 Å². The number of ether oxygens (including phenoxy) is 2. The van der Waals surface area contributed by atoms with Gasteiger partial charge in [0.2, 0.25) is 11.8 Å². The highest BCUT2D eigenvalue weighted by atomic mass is 19.4. The molecule has 1 aliphatic carbocycles. The molecule has 13 heteroatoms. The number of imidazole rings is 1. The fourth-order valence-corrected chi connectivity index (χ4v) is 4.53. The van der Waals surface area contributed by atoms with Crippen molar-refractivity contribution < 1.29 is 27.8 Å². The predicted octanol–water partition coefficient (Wildman–Crippen LogP) is 4.82. The van der Waals surface area contributed by atoms with Gasteiger partial charge in [-0.05, 0) is 30.5 Å². The van der Waals surface area contributed by atoms with Crippen LogP contribution in [0.25, 0.3) is 33.8 Å². The minimum Gasteiger partial charge on any atom is -0.480 e. The lowest BCUT2D eigenvalue weighted by molar-refractivity contribution is -0.140. The summed E-state index contributed by atoms with van der Waals surface area (Å²) in [6.07, 6.45) is 1.43. The minimum atomic E-state index is -4.59. The molecule has 6 rings (SSSR count). The van der Waals surface area contributed by atoms with Crippen LogP contribution >= 0.6 is 0 Å². The second-order valence-corrected chi connectivity index (χ2v) is 9.49. The number of pyridine rings is 1. The molecule has 0 bridgehead atoms. The number of halogens is 3. The summed E-state index contributed by atoms with van der Waals surface area (Å²) in [7, 11) is 1.53. The Kier molecular flexibility index (Phi) is 6.95. The minimum absolute atomic E-state index is 0.0138. The number of methoxy groups -OCH3 is 1. The maximum Gasteiger partial charge on any atom is 0.434 e. The van der Waals surface area contributed by atoms with Gasteiger partial charge in [0, 0.05) is 30.4 Å². The van der Waals surface area contributed by atoms with Crippen molar-refractivity contribution in [2.45, 2.75) is 38.1 Å². The van der Waals surface area contributed by atoms with Crippen LogP contribution < -0.4 is 9.47 Å². The first-order chi connectivity index (χ1) is 19.9. The number of alkyl halides is 3. The van der Waals surface area contributed by atoms with Crippen LogP contribution in [0.15, 0.2) is 55.1 Å². The summed E-state index contributed by atoms with van der Waals surface area (Å²) in [5.74, 6) is 1.42. The predicted molar refractivity (Wildman–Crippen MR) is 141 cm³/mol. The molecule has 1 saturated carbocycles. The highest BCUT2D eigenvalue weighted by Gasteiger charge is 2.35. The van der Waals surface area contributed by atoms with Gasteiger partial charge in [-0.2, -0.15) is 18.2 Å². The maximum atomic E-state index is 13.2. The number of rotatable bonds is 9. The first kappa shape index (κ1) is 26.6. The third-order valence-corrected chi connectivity index (χ3v) is 6.65. The number of fused-ring (bicyclic) bond motifs is 1. The molecule has 41 heavy (non-hydrogen) atoms. The van der Waals surface area contributed by atoms with E-state index in [-0.39, 0.29) is 31.5 Å². The zero-order chi connectivity index (χ0) is 28.6. The second kappa shape index (κ2) is 10.7. The van der Waals surface area contributed by atoms with Crippen molar-refractivity contribution in [2.75, 3.05) is 13.7 Å². The molecule has 1 fully saturated rings. The summed E-state index contributed by atoms with van der Waals surface area (Å²) in [6.45, 7) is -0.211. The molecule has 0 amide bonds. The van der Waals surface area contributed by atoms with Crippen LogP contribution in [-0.2, 0) is 19.3 Å². The zero-order valence-corrected chi connectivity index (χ0v) is 21.8. The van der Waals surface area contributed by atoms with E-state index < -0.39 is 11.9 Å². The number of aliphatic hydroxyl groups excluding tert-OH is 1. The highest BCUT2D eigenvalue weighted by Crippen LogP contribution is 2.45. The fourth-order valence-electron chi connectivity index (χ4n) is 4.53. The number of benzene rings is 1. The maximum absolute atomic E-state index is 13.2. The molecular formula is C28H24F3N7O3. The molecule has 1 aromatic carbocycles. The van der Waals surface area contributed by atoms with Gasteiger partial charge >= 0.3 is 6.18 Å². The van der Waals surface area contributed by atoms with E-state index in [0.29, 0.717) is 39.7 Å². The van der Waals surface area contributed by atoms with Crippen molar-refractivity contribution in [3.8, 4) is 34.5 Å². The fraction of sp³-hybridized carbons (Fsp3) is 0.286. The molecule has 4 heterocycles. The Balaban J connectivity index is 1.30. The quantitative estimate of drug-likeness (QED) is 0.269. The molecule has 0 atom stereocenters. The third-order valence-electron chi connectivity index (χ3n) is 6.65. The van der Waals surface area contributed by atoms with Gasteiger partial charge in [-0.15, -0.1) is 0 Å². The van der Waals surface area contributed by atoms with E-state index in [0.717, 1.165) is 30.3 Å². The molecule has 10 nitrogen and oxygen atoms in total. The first-order valence-electron chi connectivity index (χ1n) is 12.8. The summed E-state index contributed by atoms with van der Waals surface area (Å²) >= 11 is 0. The van der Waals surface area contributed by atoms with E-state index in [2.05, 4.69) is 24.9 Å². The molecule has 0 saturated heterocycles. The van der Waals surface area contributed by atoms with Gasteiger partial charge < -0.3 is 19.1 Å². The van der Waals surface area contributed by atoms with Gasteiger partial charge in [0.25, 0.3) is 0 Å². The van der Waals surface area contributed by atoms with Crippen molar-refractivity contribution in [1.29, 1.82) is 0 Å². The normalized spacial score (nSPS) is 13.5. The smallest absolute Gasteiger partial charge is 0.434 e. The van der Waals surface area contributed by atoms with Gasteiger partial charge in [0.15, 0.2) is 17.2 Å². The first-order valence-corrected chi connectivity index (χ1v) is 12.8. The van der Waals surface area contributed by atoms with Gasteiger partial charge in [0.1, 0.15) is 24.3 Å².